The van der Waals surface area contributed by atoms with E-state index in [2.05, 4.69) is 20.3 Å². The molecular formula is C16H9ClF3N3O3. The van der Waals surface area contributed by atoms with Gasteiger partial charge in [0.25, 0.3) is 5.91 Å². The second-order valence-electron chi connectivity index (χ2n) is 4.95. The topological polar surface area (TPSA) is 77.3 Å². The van der Waals surface area contributed by atoms with E-state index in [1.807, 2.05) is 0 Å². The Balaban J connectivity index is 1.67. The van der Waals surface area contributed by atoms with Crippen LogP contribution in [-0.4, -0.2) is 22.5 Å². The number of hydrogen-bond acceptors (Lipinski definition) is 5. The van der Waals surface area contributed by atoms with Crippen LogP contribution in [-0.2, 0) is 0 Å². The summed E-state index contributed by atoms with van der Waals surface area (Å²) < 4.78 is 45.4. The molecule has 0 unspecified atom stereocenters. The number of carbonyl (C=O) groups excluding carboxylic acids is 1. The summed E-state index contributed by atoms with van der Waals surface area (Å²) in [6, 6.07) is 10.9. The van der Waals surface area contributed by atoms with Crippen molar-refractivity contribution in [3.05, 3.63) is 59.1 Å². The molecule has 0 spiro atoms. The van der Waals surface area contributed by atoms with Crippen molar-refractivity contribution in [2.75, 3.05) is 5.32 Å². The highest BCUT2D eigenvalue weighted by Crippen LogP contribution is 2.24. The van der Waals surface area contributed by atoms with Gasteiger partial charge in [-0.25, -0.2) is 0 Å². The third-order valence-electron chi connectivity index (χ3n) is 3.09. The minimum atomic E-state index is -4.80. The lowest BCUT2D eigenvalue weighted by Gasteiger charge is -2.08. The van der Waals surface area contributed by atoms with Gasteiger partial charge in [-0.15, -0.1) is 18.3 Å². The summed E-state index contributed by atoms with van der Waals surface area (Å²) in [7, 11) is 0. The Morgan fingerprint density at radius 1 is 1.04 bits per heavy atom. The Labute approximate surface area is 149 Å². The summed E-state index contributed by atoms with van der Waals surface area (Å²) in [4.78, 5) is 12.1. The Morgan fingerprint density at radius 3 is 2.31 bits per heavy atom. The number of aromatic nitrogens is 2. The summed E-state index contributed by atoms with van der Waals surface area (Å²) in [6.07, 6.45) is -4.80. The molecule has 0 fully saturated rings. The molecule has 1 heterocycles. The van der Waals surface area contributed by atoms with Crippen molar-refractivity contribution in [3.63, 3.8) is 0 Å². The van der Waals surface area contributed by atoms with Crippen LogP contribution < -0.4 is 10.1 Å². The summed E-state index contributed by atoms with van der Waals surface area (Å²) in [6.45, 7) is 0. The number of hydrogen-bond donors (Lipinski definition) is 1. The van der Waals surface area contributed by atoms with Crippen LogP contribution in [0.1, 0.15) is 10.4 Å². The van der Waals surface area contributed by atoms with E-state index in [1.54, 1.807) is 24.3 Å². The van der Waals surface area contributed by atoms with Crippen LogP contribution in [0.3, 0.4) is 0 Å². The second kappa shape index (κ2) is 7.04. The lowest BCUT2D eigenvalue weighted by Crippen LogP contribution is -2.17. The zero-order chi connectivity index (χ0) is 18.7. The first-order chi connectivity index (χ1) is 12.3. The van der Waals surface area contributed by atoms with Gasteiger partial charge in [0.05, 0.1) is 0 Å². The van der Waals surface area contributed by atoms with Crippen LogP contribution in [0.5, 0.6) is 5.75 Å². The Hall–Kier alpha value is -3.07. The average Bonchev–Trinajstić information content (AvgIpc) is 3.03. The average molecular weight is 384 g/mol. The SMILES string of the molecule is O=C(Nc1nnc(-c2ccc(Cl)cc2)o1)c1ccc(OC(F)(F)F)cc1. The maximum atomic E-state index is 12.1. The van der Waals surface area contributed by atoms with Crippen molar-refractivity contribution in [2.45, 2.75) is 6.36 Å². The van der Waals surface area contributed by atoms with Crippen molar-refractivity contribution < 1.29 is 27.1 Å². The van der Waals surface area contributed by atoms with Crippen LogP contribution in [0, 0.1) is 0 Å². The molecule has 10 heteroatoms. The van der Waals surface area contributed by atoms with Gasteiger partial charge in [0.2, 0.25) is 5.89 Å². The molecule has 134 valence electrons. The van der Waals surface area contributed by atoms with Gasteiger partial charge in [0.15, 0.2) is 0 Å². The summed E-state index contributed by atoms with van der Waals surface area (Å²) in [5.74, 6) is -0.891. The zero-order valence-corrected chi connectivity index (χ0v) is 13.5. The Bertz CT molecular complexity index is 909. The van der Waals surface area contributed by atoms with Crippen LogP contribution in [0.2, 0.25) is 5.02 Å². The highest BCUT2D eigenvalue weighted by molar-refractivity contribution is 6.30. The molecule has 0 saturated carbocycles. The molecule has 6 nitrogen and oxygen atoms in total. The number of rotatable bonds is 4. The maximum absolute atomic E-state index is 12.1. The second-order valence-corrected chi connectivity index (χ2v) is 5.38. The van der Waals surface area contributed by atoms with Crippen LogP contribution in [0.25, 0.3) is 11.5 Å². The van der Waals surface area contributed by atoms with Crippen LogP contribution in [0.4, 0.5) is 19.2 Å². The Kier molecular flexibility index (Phi) is 4.81. The summed E-state index contributed by atoms with van der Waals surface area (Å²) in [5.41, 5.74) is 0.696. The van der Waals surface area contributed by atoms with Crippen molar-refractivity contribution >= 4 is 23.5 Å². The standard InChI is InChI=1S/C16H9ClF3N3O3/c17-11-5-1-10(2-6-11)14-22-23-15(25-14)21-13(24)9-3-7-12(8-4-9)26-16(18,19)20/h1-8H,(H,21,23,24). The molecule has 2 aromatic carbocycles. The predicted octanol–water partition coefficient (Wildman–Crippen LogP) is 4.54. The van der Waals surface area contributed by atoms with Gasteiger partial charge in [-0.3, -0.25) is 10.1 Å². The number of amides is 1. The number of nitrogens with one attached hydrogen (secondary N) is 1. The first-order valence-corrected chi connectivity index (χ1v) is 7.44. The number of halogens is 4. The molecule has 0 saturated heterocycles. The highest BCUT2D eigenvalue weighted by atomic mass is 35.5. The van der Waals surface area contributed by atoms with E-state index < -0.39 is 18.0 Å². The molecule has 0 bridgehead atoms. The fraction of sp³-hybridized carbons (Fsp3) is 0.0625. The maximum Gasteiger partial charge on any atom is 0.573 e. The van der Waals surface area contributed by atoms with Gasteiger partial charge in [-0.2, -0.15) is 0 Å². The van der Waals surface area contributed by atoms with E-state index in [-0.39, 0.29) is 17.5 Å². The minimum absolute atomic E-state index is 0.0887. The van der Waals surface area contributed by atoms with Gasteiger partial charge < -0.3 is 9.15 Å². The van der Waals surface area contributed by atoms with Crippen molar-refractivity contribution in [1.82, 2.24) is 10.2 Å². The van der Waals surface area contributed by atoms with E-state index in [1.165, 1.54) is 12.1 Å². The number of benzene rings is 2. The van der Waals surface area contributed by atoms with Crippen LogP contribution in [0.15, 0.2) is 52.9 Å². The van der Waals surface area contributed by atoms with Gasteiger partial charge >= 0.3 is 12.4 Å². The van der Waals surface area contributed by atoms with E-state index in [4.69, 9.17) is 16.0 Å². The summed E-state index contributed by atoms with van der Waals surface area (Å²) >= 11 is 5.79. The fourth-order valence-corrected chi connectivity index (χ4v) is 2.09. The molecule has 0 aliphatic carbocycles. The van der Waals surface area contributed by atoms with E-state index in [9.17, 15) is 18.0 Å². The molecule has 26 heavy (non-hydrogen) atoms. The zero-order valence-electron chi connectivity index (χ0n) is 12.7. The van der Waals surface area contributed by atoms with Gasteiger partial charge in [-0.05, 0) is 48.5 Å². The molecule has 0 radical (unpaired) electrons. The molecule has 3 rings (SSSR count). The quantitative estimate of drug-likeness (QED) is 0.715. The largest absolute Gasteiger partial charge is 0.573 e. The van der Waals surface area contributed by atoms with Crippen molar-refractivity contribution in [3.8, 4) is 17.2 Å². The number of alkyl halides is 3. The molecule has 0 atom stereocenters. The van der Waals surface area contributed by atoms with Crippen molar-refractivity contribution in [2.24, 2.45) is 0 Å². The fourth-order valence-electron chi connectivity index (χ4n) is 1.96. The van der Waals surface area contributed by atoms with E-state index in [0.29, 0.717) is 10.6 Å². The van der Waals surface area contributed by atoms with Gasteiger partial charge in [-0.1, -0.05) is 16.7 Å². The predicted molar refractivity (Wildman–Crippen MR) is 85.8 cm³/mol. The first-order valence-electron chi connectivity index (χ1n) is 7.07. The molecule has 3 aromatic rings. The third-order valence-corrected chi connectivity index (χ3v) is 3.34. The lowest BCUT2D eigenvalue weighted by atomic mass is 10.2. The monoisotopic (exact) mass is 383 g/mol. The third kappa shape index (κ3) is 4.51. The number of nitrogens with zero attached hydrogens (tertiary/aromatic N) is 2. The molecule has 0 aliphatic rings. The van der Waals surface area contributed by atoms with Crippen LogP contribution >= 0.6 is 11.6 Å². The highest BCUT2D eigenvalue weighted by Gasteiger charge is 2.31. The van der Waals surface area contributed by atoms with Gasteiger partial charge in [0.1, 0.15) is 5.75 Å². The smallest absolute Gasteiger partial charge is 0.406 e. The first kappa shape index (κ1) is 17.7. The minimum Gasteiger partial charge on any atom is -0.406 e. The Morgan fingerprint density at radius 2 is 1.69 bits per heavy atom. The van der Waals surface area contributed by atoms with E-state index >= 15 is 0 Å². The lowest BCUT2D eigenvalue weighted by molar-refractivity contribution is -0.274. The molecule has 1 aromatic heterocycles. The van der Waals surface area contributed by atoms with Gasteiger partial charge in [0, 0.05) is 16.1 Å². The normalized spacial score (nSPS) is 11.2. The molecule has 1 N–H and O–H groups in total. The van der Waals surface area contributed by atoms with Crippen molar-refractivity contribution in [1.29, 1.82) is 0 Å². The molecule has 1 amide bonds. The molecular weight excluding hydrogens is 375 g/mol. The number of carbonyl (C=O) groups is 1. The van der Waals surface area contributed by atoms with E-state index in [0.717, 1.165) is 12.1 Å². The summed E-state index contributed by atoms with van der Waals surface area (Å²) in [5, 5.41) is 10.4. The molecule has 0 aliphatic heterocycles. The number of ether oxygens (including phenoxy) is 1. The number of anilines is 1.